The van der Waals surface area contributed by atoms with E-state index in [0.717, 1.165) is 5.48 Å². The normalized spacial score (nSPS) is 10.1. The van der Waals surface area contributed by atoms with Crippen LogP contribution in [0.25, 0.3) is 0 Å². The van der Waals surface area contributed by atoms with Crippen LogP contribution in [0.3, 0.4) is 0 Å². The molecule has 0 saturated heterocycles. The molecule has 0 aliphatic heterocycles. The molecule has 2 N–H and O–H groups in total. The molecule has 0 atom stereocenters. The minimum Gasteiger partial charge on any atom is -0.222 e. The average molecular weight is 239 g/mol. The zero-order valence-electron chi connectivity index (χ0n) is 6.33. The van der Waals surface area contributed by atoms with Crippen molar-refractivity contribution < 1.29 is 14.6 Å². The second-order valence-corrected chi connectivity index (χ2v) is 3.18. The third-order valence-corrected chi connectivity index (χ3v) is 2.30. The second kappa shape index (κ2) is 4.83. The molecular formula is C7H6Cl2NO2S+. The molecule has 0 aliphatic carbocycles. The summed E-state index contributed by atoms with van der Waals surface area (Å²) >= 11 is 14.9. The number of amides is 1. The van der Waals surface area contributed by atoms with E-state index in [0.29, 0.717) is 10.6 Å². The molecule has 0 radical (unpaired) electrons. The highest BCUT2D eigenvalue weighted by molar-refractivity contribution is 7.74. The predicted molar refractivity (Wildman–Crippen MR) is 52.8 cm³/mol. The van der Waals surface area contributed by atoms with Gasteiger partial charge in [-0.25, -0.2) is 4.79 Å². The van der Waals surface area contributed by atoms with Gasteiger partial charge in [0.05, 0.1) is 10.0 Å². The fraction of sp³-hybridized carbons (Fsp3) is 0. The largest absolute Gasteiger partial charge is 0.377 e. The van der Waals surface area contributed by atoms with Gasteiger partial charge in [-0.3, -0.25) is 0 Å². The number of hydrogen-bond donors (Lipinski definition) is 2. The lowest BCUT2D eigenvalue weighted by Gasteiger charge is -1.99. The maximum Gasteiger partial charge on any atom is 0.377 e. The summed E-state index contributed by atoms with van der Waals surface area (Å²) in [4.78, 5) is 11.2. The number of hydroxylamine groups is 1. The first kappa shape index (κ1) is 10.8. The summed E-state index contributed by atoms with van der Waals surface area (Å²) in [6.07, 6.45) is 0. The highest BCUT2D eigenvalue weighted by Gasteiger charge is 2.16. The fourth-order valence-corrected chi connectivity index (χ4v) is 1.29. The van der Waals surface area contributed by atoms with Crippen molar-refractivity contribution >= 4 is 42.0 Å². The van der Waals surface area contributed by atoms with Crippen LogP contribution in [0.5, 0.6) is 0 Å². The van der Waals surface area contributed by atoms with Crippen molar-refractivity contribution in [2.75, 3.05) is 0 Å². The van der Waals surface area contributed by atoms with Crippen LogP contribution in [-0.2, 0) is 4.28 Å². The van der Waals surface area contributed by atoms with Crippen molar-refractivity contribution in [3.05, 3.63) is 33.8 Å². The van der Waals surface area contributed by atoms with E-state index in [1.165, 1.54) is 0 Å². The number of primary amides is 1. The highest BCUT2D eigenvalue weighted by Crippen LogP contribution is 2.24. The number of thiol groups is 1. The maximum atomic E-state index is 11.2. The molecule has 0 heterocycles. The summed E-state index contributed by atoms with van der Waals surface area (Å²) in [6.45, 7) is 0. The summed E-state index contributed by atoms with van der Waals surface area (Å²) in [5.74, 6) is -0.373. The fourth-order valence-electron chi connectivity index (χ4n) is 0.805. The zero-order valence-corrected chi connectivity index (χ0v) is 8.74. The van der Waals surface area contributed by atoms with Crippen molar-refractivity contribution in [1.29, 1.82) is 0 Å². The number of quaternary nitrogens is 1. The quantitative estimate of drug-likeness (QED) is 0.466. The Hall–Kier alpha value is -0.260. The van der Waals surface area contributed by atoms with Gasteiger partial charge in [-0.1, -0.05) is 29.3 Å². The third-order valence-electron chi connectivity index (χ3n) is 1.38. The number of carbonyl (C=O) groups is 1. The Balaban J connectivity index is 3.01. The lowest BCUT2D eigenvalue weighted by molar-refractivity contribution is -0.774. The molecule has 0 bridgehead atoms. The van der Waals surface area contributed by atoms with Gasteiger partial charge in [0, 0.05) is 12.9 Å². The monoisotopic (exact) mass is 238 g/mol. The number of hydrogen-bond acceptors (Lipinski definition) is 3. The number of nitrogens with two attached hydrogens (primary N) is 1. The number of halogens is 2. The molecule has 1 amide bonds. The lowest BCUT2D eigenvalue weighted by atomic mass is 10.2. The van der Waals surface area contributed by atoms with Gasteiger partial charge in [0.1, 0.15) is 5.56 Å². The van der Waals surface area contributed by atoms with Gasteiger partial charge in [0.25, 0.3) is 0 Å². The molecule has 1 aromatic rings. The van der Waals surface area contributed by atoms with Gasteiger partial charge in [0.15, 0.2) is 0 Å². The molecule has 6 heteroatoms. The van der Waals surface area contributed by atoms with Crippen molar-refractivity contribution in [3.63, 3.8) is 0 Å². The molecule has 0 aromatic heterocycles. The minimum absolute atomic E-state index is 0.218. The van der Waals surface area contributed by atoms with Crippen molar-refractivity contribution in [2.24, 2.45) is 0 Å². The number of benzene rings is 1. The Labute approximate surface area is 90.5 Å². The van der Waals surface area contributed by atoms with Gasteiger partial charge < -0.3 is 0 Å². The van der Waals surface area contributed by atoms with Crippen LogP contribution >= 0.6 is 36.1 Å². The van der Waals surface area contributed by atoms with Crippen molar-refractivity contribution in [2.45, 2.75) is 0 Å². The van der Waals surface area contributed by atoms with Crippen LogP contribution < -0.4 is 5.48 Å². The first-order valence-corrected chi connectivity index (χ1v) is 4.40. The smallest absolute Gasteiger partial charge is 0.222 e. The van der Waals surface area contributed by atoms with Crippen LogP contribution in [-0.4, -0.2) is 5.91 Å². The van der Waals surface area contributed by atoms with Gasteiger partial charge in [0.2, 0.25) is 0 Å². The van der Waals surface area contributed by atoms with E-state index < -0.39 is 0 Å². The maximum absolute atomic E-state index is 11.2. The average Bonchev–Trinajstić information content (AvgIpc) is 2.10. The molecule has 0 unspecified atom stereocenters. The van der Waals surface area contributed by atoms with E-state index in [9.17, 15) is 4.79 Å². The van der Waals surface area contributed by atoms with Gasteiger partial charge in [-0.15, -0.1) is 9.76 Å². The van der Waals surface area contributed by atoms with E-state index in [4.69, 9.17) is 23.2 Å². The van der Waals surface area contributed by atoms with Gasteiger partial charge >= 0.3 is 5.91 Å². The summed E-state index contributed by atoms with van der Waals surface area (Å²) < 4.78 is 4.27. The Kier molecular flexibility index (Phi) is 4.02. The minimum atomic E-state index is -0.373. The van der Waals surface area contributed by atoms with Crippen LogP contribution in [0.1, 0.15) is 10.4 Å². The lowest BCUT2D eigenvalue weighted by Crippen LogP contribution is -2.85. The van der Waals surface area contributed by atoms with Crippen molar-refractivity contribution in [3.8, 4) is 0 Å². The highest BCUT2D eigenvalue weighted by atomic mass is 35.5. The Bertz CT molecular complexity index is 332. The molecule has 1 aromatic carbocycles. The summed E-state index contributed by atoms with van der Waals surface area (Å²) in [7, 11) is 0. The first-order chi connectivity index (χ1) is 6.16. The molecule has 3 nitrogen and oxygen atoms in total. The Morgan fingerprint density at radius 3 is 2.77 bits per heavy atom. The van der Waals surface area contributed by atoms with Crippen LogP contribution in [0, 0.1) is 0 Å². The SMILES string of the molecule is O=C([NH2+]OS)c1cccc(Cl)c1Cl. The van der Waals surface area contributed by atoms with Gasteiger partial charge in [-0.2, -0.15) is 0 Å². The standard InChI is InChI=1S/C7H5Cl2NO2S/c8-5-3-1-2-4(6(5)9)7(11)10-12-13/h1-3,13H,(H,10,11)/p+1. The van der Waals surface area contributed by atoms with E-state index >= 15 is 0 Å². The third kappa shape index (κ3) is 2.59. The molecule has 0 fully saturated rings. The van der Waals surface area contributed by atoms with E-state index in [1.54, 1.807) is 18.2 Å². The predicted octanol–water partition coefficient (Wildman–Crippen LogP) is 1.47. The topological polar surface area (TPSA) is 42.9 Å². The number of rotatable bonds is 2. The van der Waals surface area contributed by atoms with E-state index in [1.807, 2.05) is 0 Å². The molecule has 70 valence electrons. The van der Waals surface area contributed by atoms with Crippen LogP contribution in [0.4, 0.5) is 0 Å². The molecule has 13 heavy (non-hydrogen) atoms. The molecule has 0 spiro atoms. The van der Waals surface area contributed by atoms with Gasteiger partial charge in [-0.05, 0) is 12.1 Å². The number of carbonyl (C=O) groups excluding carboxylic acids is 1. The molecule has 0 saturated carbocycles. The molecular weight excluding hydrogens is 233 g/mol. The molecule has 1 rings (SSSR count). The Morgan fingerprint density at radius 2 is 2.15 bits per heavy atom. The van der Waals surface area contributed by atoms with Crippen LogP contribution in [0.15, 0.2) is 18.2 Å². The zero-order chi connectivity index (χ0) is 9.84. The van der Waals surface area contributed by atoms with E-state index in [-0.39, 0.29) is 10.9 Å². The Morgan fingerprint density at radius 1 is 1.46 bits per heavy atom. The first-order valence-electron chi connectivity index (χ1n) is 3.28. The molecule has 0 aliphatic rings. The second-order valence-electron chi connectivity index (χ2n) is 2.19. The summed E-state index contributed by atoms with van der Waals surface area (Å²) in [6, 6.07) is 4.79. The summed E-state index contributed by atoms with van der Waals surface area (Å²) in [5, 5.41) is 0.552. The summed E-state index contributed by atoms with van der Waals surface area (Å²) in [5.41, 5.74) is 1.24. The van der Waals surface area contributed by atoms with Crippen molar-refractivity contribution in [1.82, 2.24) is 0 Å². The van der Waals surface area contributed by atoms with Crippen LogP contribution in [0.2, 0.25) is 10.0 Å². The van der Waals surface area contributed by atoms with E-state index in [2.05, 4.69) is 17.2 Å².